The normalized spacial score (nSPS) is 9.95. The summed E-state index contributed by atoms with van der Waals surface area (Å²) in [5.41, 5.74) is 2.10. The summed E-state index contributed by atoms with van der Waals surface area (Å²) in [6, 6.07) is 6.00. The van der Waals surface area contributed by atoms with E-state index in [1.807, 2.05) is 25.1 Å². The molecule has 0 aromatic heterocycles. The SMILES string of the molecule is CCCCCCCOc1ccc(C#CCCO)cc1C. The highest BCUT2D eigenvalue weighted by Gasteiger charge is 2.00. The van der Waals surface area contributed by atoms with E-state index in [-0.39, 0.29) is 6.61 Å². The average Bonchev–Trinajstić information content (AvgIpc) is 2.45. The first-order valence-electron chi connectivity index (χ1n) is 7.61. The minimum Gasteiger partial charge on any atom is -0.493 e. The molecule has 0 bridgehead atoms. The summed E-state index contributed by atoms with van der Waals surface area (Å²) in [5.74, 6) is 6.92. The van der Waals surface area contributed by atoms with Crippen molar-refractivity contribution < 1.29 is 9.84 Å². The van der Waals surface area contributed by atoms with Crippen LogP contribution in [0.2, 0.25) is 0 Å². The van der Waals surface area contributed by atoms with E-state index >= 15 is 0 Å². The van der Waals surface area contributed by atoms with Gasteiger partial charge in [0.1, 0.15) is 5.75 Å². The van der Waals surface area contributed by atoms with Gasteiger partial charge >= 0.3 is 0 Å². The molecule has 0 saturated heterocycles. The Morgan fingerprint density at radius 1 is 1.15 bits per heavy atom. The predicted octanol–water partition coefficient (Wildman–Crippen LogP) is 4.08. The molecule has 1 aromatic carbocycles. The maximum absolute atomic E-state index is 8.69. The molecule has 2 heteroatoms. The Morgan fingerprint density at radius 3 is 2.65 bits per heavy atom. The first kappa shape index (κ1) is 16.6. The van der Waals surface area contributed by atoms with Crippen LogP contribution in [0.25, 0.3) is 0 Å². The smallest absolute Gasteiger partial charge is 0.122 e. The average molecular weight is 274 g/mol. The van der Waals surface area contributed by atoms with Gasteiger partial charge in [-0.25, -0.2) is 0 Å². The molecule has 2 nitrogen and oxygen atoms in total. The van der Waals surface area contributed by atoms with Gasteiger partial charge in [0.05, 0.1) is 13.2 Å². The van der Waals surface area contributed by atoms with Crippen molar-refractivity contribution in [1.82, 2.24) is 0 Å². The Labute approximate surface area is 123 Å². The van der Waals surface area contributed by atoms with Crippen LogP contribution in [0.15, 0.2) is 18.2 Å². The summed E-state index contributed by atoms with van der Waals surface area (Å²) >= 11 is 0. The van der Waals surface area contributed by atoms with Crippen LogP contribution in [0.1, 0.15) is 56.6 Å². The summed E-state index contributed by atoms with van der Waals surface area (Å²) in [5, 5.41) is 8.69. The Bertz CT molecular complexity index is 440. The number of benzene rings is 1. The van der Waals surface area contributed by atoms with E-state index in [2.05, 4.69) is 18.8 Å². The van der Waals surface area contributed by atoms with Crippen LogP contribution in [-0.4, -0.2) is 18.3 Å². The summed E-state index contributed by atoms with van der Waals surface area (Å²) in [7, 11) is 0. The van der Waals surface area contributed by atoms with E-state index in [0.29, 0.717) is 6.42 Å². The minimum atomic E-state index is 0.116. The first-order chi connectivity index (χ1) is 9.77. The summed E-state index contributed by atoms with van der Waals surface area (Å²) < 4.78 is 5.81. The van der Waals surface area contributed by atoms with Crippen LogP contribution >= 0.6 is 0 Å². The number of aryl methyl sites for hydroxylation is 1. The van der Waals surface area contributed by atoms with E-state index in [0.717, 1.165) is 29.9 Å². The Kier molecular flexibility index (Phi) is 8.58. The number of hydrogen-bond acceptors (Lipinski definition) is 2. The standard InChI is InChI=1S/C18H26O2/c1-3-4-5-6-9-14-20-18-12-11-17(15-16(18)2)10-7-8-13-19/h11-12,15,19H,3-6,8-9,13-14H2,1-2H3. The predicted molar refractivity (Wildman–Crippen MR) is 84.0 cm³/mol. The third-order valence-corrected chi connectivity index (χ3v) is 3.15. The fourth-order valence-electron chi connectivity index (χ4n) is 2.00. The van der Waals surface area contributed by atoms with Gasteiger partial charge in [0.25, 0.3) is 0 Å². The fraction of sp³-hybridized carbons (Fsp3) is 0.556. The van der Waals surface area contributed by atoms with E-state index in [9.17, 15) is 0 Å². The van der Waals surface area contributed by atoms with Gasteiger partial charge in [-0.3, -0.25) is 0 Å². The molecule has 20 heavy (non-hydrogen) atoms. The fourth-order valence-corrected chi connectivity index (χ4v) is 2.00. The van der Waals surface area contributed by atoms with Crippen molar-refractivity contribution in [2.24, 2.45) is 0 Å². The molecule has 0 fully saturated rings. The molecule has 1 N–H and O–H groups in total. The van der Waals surface area contributed by atoms with Gasteiger partial charge in [0, 0.05) is 12.0 Å². The van der Waals surface area contributed by atoms with Crippen molar-refractivity contribution in [1.29, 1.82) is 0 Å². The molecule has 0 atom stereocenters. The Morgan fingerprint density at radius 2 is 1.95 bits per heavy atom. The molecule has 0 saturated carbocycles. The van der Waals surface area contributed by atoms with Gasteiger partial charge in [-0.1, -0.05) is 44.4 Å². The van der Waals surface area contributed by atoms with Crippen molar-refractivity contribution >= 4 is 0 Å². The molecule has 0 spiro atoms. The van der Waals surface area contributed by atoms with Crippen molar-refractivity contribution in [2.45, 2.75) is 52.4 Å². The second kappa shape index (κ2) is 10.3. The zero-order valence-corrected chi connectivity index (χ0v) is 12.7. The second-order valence-electron chi connectivity index (χ2n) is 5.02. The molecular weight excluding hydrogens is 248 g/mol. The lowest BCUT2D eigenvalue weighted by Gasteiger charge is -2.09. The lowest BCUT2D eigenvalue weighted by atomic mass is 10.1. The lowest BCUT2D eigenvalue weighted by Crippen LogP contribution is -1.99. The highest BCUT2D eigenvalue weighted by Crippen LogP contribution is 2.19. The van der Waals surface area contributed by atoms with Crippen molar-refractivity contribution in [3.8, 4) is 17.6 Å². The van der Waals surface area contributed by atoms with Crippen LogP contribution < -0.4 is 4.74 Å². The molecule has 0 aliphatic carbocycles. The maximum Gasteiger partial charge on any atom is 0.122 e. The number of ether oxygens (including phenoxy) is 1. The number of hydrogen-bond donors (Lipinski definition) is 1. The monoisotopic (exact) mass is 274 g/mol. The molecule has 0 aliphatic rings. The van der Waals surface area contributed by atoms with Gasteiger partial charge in [0.2, 0.25) is 0 Å². The molecule has 0 radical (unpaired) electrons. The topological polar surface area (TPSA) is 29.5 Å². The zero-order chi connectivity index (χ0) is 14.6. The molecular formula is C18H26O2. The van der Waals surface area contributed by atoms with E-state index in [4.69, 9.17) is 9.84 Å². The number of rotatable bonds is 8. The van der Waals surface area contributed by atoms with Gasteiger partial charge in [-0.2, -0.15) is 0 Å². The van der Waals surface area contributed by atoms with Gasteiger partial charge < -0.3 is 9.84 Å². The number of aliphatic hydroxyl groups excluding tert-OH is 1. The Balaban J connectivity index is 2.38. The summed E-state index contributed by atoms with van der Waals surface area (Å²) in [6.45, 7) is 5.18. The van der Waals surface area contributed by atoms with E-state index in [1.165, 1.54) is 25.7 Å². The molecule has 110 valence electrons. The molecule has 0 amide bonds. The number of unbranched alkanes of at least 4 members (excludes halogenated alkanes) is 4. The second-order valence-corrected chi connectivity index (χ2v) is 5.02. The third kappa shape index (κ3) is 6.63. The molecule has 1 rings (SSSR count). The third-order valence-electron chi connectivity index (χ3n) is 3.15. The lowest BCUT2D eigenvalue weighted by molar-refractivity contribution is 0.302. The van der Waals surface area contributed by atoms with Crippen LogP contribution in [0.5, 0.6) is 5.75 Å². The van der Waals surface area contributed by atoms with Crippen LogP contribution in [0, 0.1) is 18.8 Å². The van der Waals surface area contributed by atoms with E-state index in [1.54, 1.807) is 0 Å². The van der Waals surface area contributed by atoms with E-state index < -0.39 is 0 Å². The molecule has 0 unspecified atom stereocenters. The minimum absolute atomic E-state index is 0.116. The highest BCUT2D eigenvalue weighted by molar-refractivity contribution is 5.43. The van der Waals surface area contributed by atoms with Crippen molar-refractivity contribution in [3.05, 3.63) is 29.3 Å². The highest BCUT2D eigenvalue weighted by atomic mass is 16.5. The van der Waals surface area contributed by atoms with Crippen molar-refractivity contribution in [2.75, 3.05) is 13.2 Å². The van der Waals surface area contributed by atoms with Gasteiger partial charge in [-0.15, -0.1) is 0 Å². The summed E-state index contributed by atoms with van der Waals surface area (Å²) in [6.07, 6.45) is 6.79. The largest absolute Gasteiger partial charge is 0.493 e. The zero-order valence-electron chi connectivity index (χ0n) is 12.7. The summed E-state index contributed by atoms with van der Waals surface area (Å²) in [4.78, 5) is 0. The molecule has 0 heterocycles. The quantitative estimate of drug-likeness (QED) is 0.572. The first-order valence-corrected chi connectivity index (χ1v) is 7.61. The van der Waals surface area contributed by atoms with Crippen LogP contribution in [0.3, 0.4) is 0 Å². The van der Waals surface area contributed by atoms with Gasteiger partial charge in [-0.05, 0) is 37.1 Å². The van der Waals surface area contributed by atoms with Gasteiger partial charge in [0.15, 0.2) is 0 Å². The Hall–Kier alpha value is -1.46. The molecule has 0 aliphatic heterocycles. The molecule has 1 aromatic rings. The number of aliphatic hydroxyl groups is 1. The van der Waals surface area contributed by atoms with Crippen molar-refractivity contribution in [3.63, 3.8) is 0 Å². The maximum atomic E-state index is 8.69. The van der Waals surface area contributed by atoms with Crippen LogP contribution in [-0.2, 0) is 0 Å². The van der Waals surface area contributed by atoms with Crippen LogP contribution in [0.4, 0.5) is 0 Å².